The molecule has 0 aliphatic carbocycles. The molecule has 0 bridgehead atoms. The third kappa shape index (κ3) is 6.52. The van der Waals surface area contributed by atoms with Crippen molar-refractivity contribution in [2.24, 2.45) is 0 Å². The van der Waals surface area contributed by atoms with Crippen LogP contribution >= 0.6 is 0 Å². The summed E-state index contributed by atoms with van der Waals surface area (Å²) >= 11 is 0. The van der Waals surface area contributed by atoms with Crippen LogP contribution in [-0.4, -0.2) is 78.5 Å². The molecule has 43 heavy (non-hydrogen) atoms. The normalized spacial score (nSPS) is 18.7. The Hall–Kier alpha value is -2.43. The molecule has 0 aliphatic rings. The Balaban J connectivity index is 7.20. The van der Waals surface area contributed by atoms with E-state index in [1.54, 1.807) is 0 Å². The molecule has 30 heteroatoms. The fraction of sp³-hybridized carbons (Fsp3) is 0.923. The minimum atomic E-state index is -8.74. The first-order valence-corrected chi connectivity index (χ1v) is 8.59. The van der Waals surface area contributed by atoms with Crippen molar-refractivity contribution < 1.29 is 133 Å². The molecule has 0 aromatic heterocycles. The van der Waals surface area contributed by atoms with Crippen LogP contribution in [0.4, 0.5) is 114 Å². The maximum absolute atomic E-state index is 14.0. The summed E-state index contributed by atoms with van der Waals surface area (Å²) in [6.07, 6.45) is -66.5. The second-order valence-corrected chi connectivity index (χ2v) is 7.06. The highest BCUT2D eigenvalue weighted by Gasteiger charge is 2.89. The Bertz CT molecular complexity index is 999. The van der Waals surface area contributed by atoms with E-state index in [-0.39, 0.29) is 0 Å². The highest BCUT2D eigenvalue weighted by molar-refractivity contribution is 5.79. The van der Waals surface area contributed by atoms with Crippen molar-refractivity contribution in [1.29, 1.82) is 0 Å². The van der Waals surface area contributed by atoms with Crippen molar-refractivity contribution in [3.63, 3.8) is 0 Å². The van der Waals surface area contributed by atoms with Gasteiger partial charge in [-0.1, -0.05) is 0 Å². The van der Waals surface area contributed by atoms with E-state index in [4.69, 9.17) is 0 Å². The third-order valence-corrected chi connectivity index (χ3v) is 4.03. The lowest BCUT2D eigenvalue weighted by Crippen LogP contribution is -2.69. The van der Waals surface area contributed by atoms with Gasteiger partial charge in [0.2, 0.25) is 0 Å². The number of halogens is 26. The van der Waals surface area contributed by atoms with Gasteiger partial charge in [0.25, 0.3) is 0 Å². The molecule has 4 nitrogen and oxygen atoms in total. The van der Waals surface area contributed by atoms with E-state index in [2.05, 4.69) is 0 Å². The van der Waals surface area contributed by atoms with Crippen molar-refractivity contribution >= 4 is 5.97 Å². The highest BCUT2D eigenvalue weighted by Crippen LogP contribution is 2.58. The zero-order chi connectivity index (χ0) is 35.7. The lowest BCUT2D eigenvalue weighted by Gasteiger charge is -2.40. The summed E-state index contributed by atoms with van der Waals surface area (Å²) in [5.74, 6) is -30.9. The minimum Gasteiger partial charge on any atom is -0.393 e. The van der Waals surface area contributed by atoms with E-state index >= 15 is 0 Å². The first-order chi connectivity index (χ1) is 18.0. The molecular formula is C13F26O4. The fourth-order valence-corrected chi connectivity index (χ4v) is 1.89. The van der Waals surface area contributed by atoms with Crippen molar-refractivity contribution in [3.05, 3.63) is 0 Å². The summed E-state index contributed by atoms with van der Waals surface area (Å²) in [5, 5.41) is 0. The Morgan fingerprint density at radius 2 is 0.721 bits per heavy atom. The predicted molar refractivity (Wildman–Crippen MR) is 69.8 cm³/mol. The van der Waals surface area contributed by atoms with Crippen molar-refractivity contribution in [1.82, 2.24) is 0 Å². The van der Waals surface area contributed by atoms with Crippen LogP contribution < -0.4 is 0 Å². The molecule has 0 aromatic carbocycles. The Morgan fingerprint density at radius 3 is 0.977 bits per heavy atom. The standard InChI is InChI=1S/C13F26O4/c14-2(6(19,20)21,1(40)41-11(34,35)3(15,7(22,23)24)8(25,26)27)42-13(38,39)5(18,10(31,32)33)43-12(36,37)4(16,17)9(28,29)30. The van der Waals surface area contributed by atoms with Crippen LogP contribution in [0.1, 0.15) is 0 Å². The molecule has 0 fully saturated rings. The molecule has 0 rings (SSSR count). The number of hydrogen-bond acceptors (Lipinski definition) is 4. The zero-order valence-corrected chi connectivity index (χ0v) is 18.0. The van der Waals surface area contributed by atoms with Gasteiger partial charge in [-0.25, -0.2) is 9.18 Å². The van der Waals surface area contributed by atoms with Crippen LogP contribution in [0.25, 0.3) is 0 Å². The van der Waals surface area contributed by atoms with Crippen molar-refractivity contribution in [2.45, 2.75) is 72.5 Å². The number of hydrogen-bond donors (Lipinski definition) is 0. The zero-order valence-electron chi connectivity index (χ0n) is 18.0. The van der Waals surface area contributed by atoms with Crippen LogP contribution in [0.2, 0.25) is 0 Å². The number of carbonyl (C=O) groups excluding carboxylic acids is 1. The third-order valence-electron chi connectivity index (χ3n) is 4.03. The van der Waals surface area contributed by atoms with Crippen LogP contribution in [0.5, 0.6) is 0 Å². The Morgan fingerprint density at radius 1 is 0.372 bits per heavy atom. The molecule has 0 radical (unpaired) electrons. The van der Waals surface area contributed by atoms with Crippen molar-refractivity contribution in [2.75, 3.05) is 0 Å². The van der Waals surface area contributed by atoms with Crippen LogP contribution in [0.3, 0.4) is 0 Å². The molecule has 0 saturated heterocycles. The lowest BCUT2D eigenvalue weighted by atomic mass is 10.0. The van der Waals surface area contributed by atoms with E-state index in [1.165, 1.54) is 4.74 Å². The summed E-state index contributed by atoms with van der Waals surface area (Å²) < 4.78 is 337. The van der Waals surface area contributed by atoms with Crippen LogP contribution in [0, 0.1) is 0 Å². The second kappa shape index (κ2) is 10.3. The number of esters is 1. The highest BCUT2D eigenvalue weighted by atomic mass is 19.4. The van der Waals surface area contributed by atoms with E-state index in [9.17, 15) is 119 Å². The fourth-order valence-electron chi connectivity index (χ4n) is 1.89. The largest absolute Gasteiger partial charge is 0.462 e. The average molecular weight is 714 g/mol. The van der Waals surface area contributed by atoms with Gasteiger partial charge in [-0.15, -0.1) is 0 Å². The summed E-state index contributed by atoms with van der Waals surface area (Å²) in [6, 6.07) is 0. The first kappa shape index (κ1) is 40.6. The van der Waals surface area contributed by atoms with Gasteiger partial charge in [-0.3, -0.25) is 9.47 Å². The van der Waals surface area contributed by atoms with Gasteiger partial charge >= 0.3 is 78.5 Å². The maximum Gasteiger partial charge on any atom is 0.462 e. The Kier molecular flexibility index (Phi) is 9.73. The number of rotatable bonds is 9. The topological polar surface area (TPSA) is 44.8 Å². The molecule has 0 aromatic rings. The van der Waals surface area contributed by atoms with Gasteiger partial charge in [-0.2, -0.15) is 110 Å². The molecule has 0 aliphatic heterocycles. The van der Waals surface area contributed by atoms with E-state index in [1.807, 2.05) is 0 Å². The molecule has 0 spiro atoms. The smallest absolute Gasteiger partial charge is 0.393 e. The quantitative estimate of drug-likeness (QED) is 0.181. The molecule has 2 unspecified atom stereocenters. The van der Waals surface area contributed by atoms with Gasteiger partial charge in [0.1, 0.15) is 0 Å². The first-order valence-electron chi connectivity index (χ1n) is 8.59. The molecule has 0 heterocycles. The van der Waals surface area contributed by atoms with Gasteiger partial charge in [-0.05, 0) is 0 Å². The molecule has 0 saturated carbocycles. The summed E-state index contributed by atoms with van der Waals surface area (Å²) in [4.78, 5) is 11.0. The lowest BCUT2D eigenvalue weighted by molar-refractivity contribution is -0.549. The monoisotopic (exact) mass is 714 g/mol. The van der Waals surface area contributed by atoms with E-state index in [0.717, 1.165) is 9.47 Å². The van der Waals surface area contributed by atoms with Gasteiger partial charge in [0, 0.05) is 0 Å². The van der Waals surface area contributed by atoms with Gasteiger partial charge in [0.15, 0.2) is 0 Å². The summed E-state index contributed by atoms with van der Waals surface area (Å²) in [7, 11) is 0. The number of alkyl halides is 26. The van der Waals surface area contributed by atoms with Gasteiger partial charge in [0.05, 0.1) is 0 Å². The molecule has 258 valence electrons. The average Bonchev–Trinajstić information content (AvgIpc) is 2.67. The predicted octanol–water partition coefficient (Wildman–Crippen LogP) is 7.83. The summed E-state index contributed by atoms with van der Waals surface area (Å²) in [5.41, 5.74) is -8.46. The van der Waals surface area contributed by atoms with Crippen molar-refractivity contribution in [3.8, 4) is 0 Å². The van der Waals surface area contributed by atoms with E-state index < -0.39 is 78.5 Å². The van der Waals surface area contributed by atoms with E-state index in [0.29, 0.717) is 0 Å². The minimum absolute atomic E-state index is 0.967. The molecule has 0 amide bonds. The summed E-state index contributed by atoms with van der Waals surface area (Å²) in [6.45, 7) is 0. The molecule has 0 N–H and O–H groups in total. The van der Waals surface area contributed by atoms with Crippen LogP contribution in [-0.2, 0) is 19.0 Å². The van der Waals surface area contributed by atoms with Crippen LogP contribution in [0.15, 0.2) is 0 Å². The Labute approximate surface area is 213 Å². The second-order valence-electron chi connectivity index (χ2n) is 7.06. The number of carbonyl (C=O) groups is 1. The molecule has 2 atom stereocenters. The van der Waals surface area contributed by atoms with Gasteiger partial charge < -0.3 is 4.74 Å². The SMILES string of the molecule is O=C(OC(F)(F)C(F)(C(F)(F)F)C(F)(F)F)C(F)(OC(F)(F)C(F)(OC(F)(F)C(F)(F)C(F)(F)F)C(F)(F)F)C(F)(F)F. The maximum atomic E-state index is 14.0. The molecular weight excluding hydrogens is 714 g/mol. The number of ether oxygens (including phenoxy) is 3.